The molecule has 0 saturated heterocycles. The lowest BCUT2D eigenvalue weighted by molar-refractivity contribution is 0.237. The van der Waals surface area contributed by atoms with Gasteiger partial charge in [-0.2, -0.15) is 0 Å². The van der Waals surface area contributed by atoms with E-state index in [0.717, 1.165) is 0 Å². The highest BCUT2D eigenvalue weighted by molar-refractivity contribution is 5.74. The first kappa shape index (κ1) is 12.5. The van der Waals surface area contributed by atoms with E-state index in [2.05, 4.69) is 21.3 Å². The van der Waals surface area contributed by atoms with Gasteiger partial charge >= 0.3 is 12.1 Å². The molecule has 0 aliphatic carbocycles. The zero-order valence-corrected chi connectivity index (χ0v) is 8.64. The fourth-order valence-corrected chi connectivity index (χ4v) is 0.798. The normalized spacial score (nSPS) is 9.00. The van der Waals surface area contributed by atoms with Crippen molar-refractivity contribution < 1.29 is 9.59 Å². The molecule has 0 radical (unpaired) electrons. The Hall–Kier alpha value is -1.46. The number of carbonyl (C=O) groups excluding carboxylic acids is 2. The fourth-order valence-electron chi connectivity index (χ4n) is 0.798. The second kappa shape index (κ2) is 8.15. The van der Waals surface area contributed by atoms with Gasteiger partial charge in [-0.15, -0.1) is 0 Å². The molecule has 0 atom stereocenters. The molecule has 14 heavy (non-hydrogen) atoms. The van der Waals surface area contributed by atoms with Gasteiger partial charge in [-0.25, -0.2) is 9.59 Å². The Bertz CT molecular complexity index is 164. The smallest absolute Gasteiger partial charge is 0.314 e. The lowest BCUT2D eigenvalue weighted by Gasteiger charge is -2.07. The van der Waals surface area contributed by atoms with Crippen LogP contribution in [0.2, 0.25) is 0 Å². The topological polar surface area (TPSA) is 82.3 Å². The number of hydrogen-bond acceptors (Lipinski definition) is 2. The molecule has 6 heteroatoms. The largest absolute Gasteiger partial charge is 0.338 e. The number of nitrogens with one attached hydrogen (secondary N) is 4. The highest BCUT2D eigenvalue weighted by Gasteiger charge is 1.98. The summed E-state index contributed by atoms with van der Waals surface area (Å²) in [7, 11) is 0. The highest BCUT2D eigenvalue weighted by atomic mass is 16.2. The summed E-state index contributed by atoms with van der Waals surface area (Å²) >= 11 is 0. The number of urea groups is 2. The van der Waals surface area contributed by atoms with Gasteiger partial charge in [-0.3, -0.25) is 0 Å². The van der Waals surface area contributed by atoms with E-state index in [0.29, 0.717) is 26.2 Å². The number of hydrogen-bond donors (Lipinski definition) is 4. The Morgan fingerprint density at radius 2 is 1.14 bits per heavy atom. The van der Waals surface area contributed by atoms with Crippen LogP contribution in [-0.4, -0.2) is 38.2 Å². The Kier molecular flexibility index (Phi) is 7.30. The van der Waals surface area contributed by atoms with E-state index in [1.165, 1.54) is 0 Å². The zero-order valence-electron chi connectivity index (χ0n) is 8.64. The van der Waals surface area contributed by atoms with Crippen LogP contribution in [0.4, 0.5) is 9.59 Å². The molecule has 0 unspecified atom stereocenters. The zero-order chi connectivity index (χ0) is 10.8. The monoisotopic (exact) mass is 202 g/mol. The maximum atomic E-state index is 10.9. The van der Waals surface area contributed by atoms with E-state index >= 15 is 0 Å². The Labute approximate surface area is 83.8 Å². The molecule has 0 aliphatic heterocycles. The predicted molar refractivity (Wildman–Crippen MR) is 54.2 cm³/mol. The fraction of sp³-hybridized carbons (Fsp3) is 0.750. The maximum Gasteiger partial charge on any atom is 0.314 e. The van der Waals surface area contributed by atoms with Crippen LogP contribution in [0.3, 0.4) is 0 Å². The van der Waals surface area contributed by atoms with Crippen molar-refractivity contribution in [1.29, 1.82) is 0 Å². The van der Waals surface area contributed by atoms with Crippen molar-refractivity contribution in [3.8, 4) is 0 Å². The van der Waals surface area contributed by atoms with Crippen molar-refractivity contribution in [1.82, 2.24) is 21.3 Å². The molecule has 0 fully saturated rings. The molecule has 0 aliphatic rings. The van der Waals surface area contributed by atoms with E-state index < -0.39 is 0 Å². The first-order chi connectivity index (χ1) is 6.70. The van der Waals surface area contributed by atoms with Gasteiger partial charge < -0.3 is 21.3 Å². The summed E-state index contributed by atoms with van der Waals surface area (Å²) in [4.78, 5) is 21.7. The van der Waals surface area contributed by atoms with Crippen molar-refractivity contribution in [2.45, 2.75) is 13.8 Å². The molecule has 0 aromatic rings. The minimum Gasteiger partial charge on any atom is -0.338 e. The average Bonchev–Trinajstić information content (AvgIpc) is 2.13. The lowest BCUT2D eigenvalue weighted by atomic mass is 10.6. The molecular weight excluding hydrogens is 184 g/mol. The molecule has 0 aromatic carbocycles. The minimum atomic E-state index is -0.217. The summed E-state index contributed by atoms with van der Waals surface area (Å²) in [6.07, 6.45) is 0. The van der Waals surface area contributed by atoms with Crippen LogP contribution in [0, 0.1) is 0 Å². The first-order valence-electron chi connectivity index (χ1n) is 4.74. The van der Waals surface area contributed by atoms with Gasteiger partial charge in [0.15, 0.2) is 0 Å². The van der Waals surface area contributed by atoms with Gasteiger partial charge in [0.25, 0.3) is 0 Å². The second-order valence-corrected chi connectivity index (χ2v) is 2.57. The number of carbonyl (C=O) groups is 2. The lowest BCUT2D eigenvalue weighted by Crippen LogP contribution is -2.42. The molecule has 0 rings (SSSR count). The summed E-state index contributed by atoms with van der Waals surface area (Å²) in [5.74, 6) is 0. The van der Waals surface area contributed by atoms with E-state index in [4.69, 9.17) is 0 Å². The standard InChI is InChI=1S/C8H18N4O2/c1-3-9-7(13)11-5-6-12-8(14)10-4-2/h3-6H2,1-2H3,(H2,9,11,13)(H2,10,12,14). The summed E-state index contributed by atoms with van der Waals surface area (Å²) in [5, 5.41) is 10.3. The van der Waals surface area contributed by atoms with Gasteiger partial charge in [0.05, 0.1) is 0 Å². The quantitative estimate of drug-likeness (QED) is 0.458. The van der Waals surface area contributed by atoms with Gasteiger partial charge in [0.1, 0.15) is 0 Å². The molecule has 82 valence electrons. The Morgan fingerprint density at radius 1 is 0.786 bits per heavy atom. The van der Waals surface area contributed by atoms with Crippen LogP contribution in [0.15, 0.2) is 0 Å². The van der Waals surface area contributed by atoms with Crippen LogP contribution in [0.25, 0.3) is 0 Å². The molecule has 0 bridgehead atoms. The van der Waals surface area contributed by atoms with Crippen molar-refractivity contribution in [2.75, 3.05) is 26.2 Å². The Balaban J connectivity index is 3.28. The third-order valence-corrected chi connectivity index (χ3v) is 1.37. The van der Waals surface area contributed by atoms with Gasteiger partial charge in [0, 0.05) is 26.2 Å². The van der Waals surface area contributed by atoms with Gasteiger partial charge in [-0.1, -0.05) is 0 Å². The molecule has 4 N–H and O–H groups in total. The van der Waals surface area contributed by atoms with Gasteiger partial charge in [-0.05, 0) is 13.8 Å². The summed E-state index contributed by atoms with van der Waals surface area (Å²) < 4.78 is 0. The van der Waals surface area contributed by atoms with Crippen LogP contribution in [0.5, 0.6) is 0 Å². The van der Waals surface area contributed by atoms with E-state index in [1.54, 1.807) is 0 Å². The molecule has 6 nitrogen and oxygen atoms in total. The predicted octanol–water partition coefficient (Wildman–Crippen LogP) is -0.375. The van der Waals surface area contributed by atoms with Crippen LogP contribution < -0.4 is 21.3 Å². The van der Waals surface area contributed by atoms with E-state index in [-0.39, 0.29) is 12.1 Å². The summed E-state index contributed by atoms with van der Waals surface area (Å²) in [6, 6.07) is -0.435. The SMILES string of the molecule is CCNC(=O)NCCNC(=O)NCC. The third-order valence-electron chi connectivity index (χ3n) is 1.37. The number of amides is 4. The van der Waals surface area contributed by atoms with E-state index in [1.807, 2.05) is 13.8 Å². The van der Waals surface area contributed by atoms with Crippen molar-refractivity contribution in [2.24, 2.45) is 0 Å². The number of rotatable bonds is 5. The van der Waals surface area contributed by atoms with Crippen molar-refractivity contribution in [3.63, 3.8) is 0 Å². The second-order valence-electron chi connectivity index (χ2n) is 2.57. The molecule has 0 spiro atoms. The van der Waals surface area contributed by atoms with Crippen LogP contribution >= 0.6 is 0 Å². The summed E-state index contributed by atoms with van der Waals surface area (Å²) in [5.41, 5.74) is 0. The van der Waals surface area contributed by atoms with E-state index in [9.17, 15) is 9.59 Å². The highest BCUT2D eigenvalue weighted by Crippen LogP contribution is 1.66. The van der Waals surface area contributed by atoms with Gasteiger partial charge in [0.2, 0.25) is 0 Å². The third kappa shape index (κ3) is 7.20. The molecule has 0 saturated carbocycles. The average molecular weight is 202 g/mol. The summed E-state index contributed by atoms with van der Waals surface area (Å²) in [6.45, 7) is 5.70. The van der Waals surface area contributed by atoms with Crippen molar-refractivity contribution in [3.05, 3.63) is 0 Å². The van der Waals surface area contributed by atoms with Crippen LogP contribution in [-0.2, 0) is 0 Å². The first-order valence-corrected chi connectivity index (χ1v) is 4.74. The molecule has 4 amide bonds. The van der Waals surface area contributed by atoms with Crippen LogP contribution in [0.1, 0.15) is 13.8 Å². The van der Waals surface area contributed by atoms with Crippen molar-refractivity contribution >= 4 is 12.1 Å². The molecular formula is C8H18N4O2. The Morgan fingerprint density at radius 3 is 1.43 bits per heavy atom. The maximum absolute atomic E-state index is 10.9. The molecule has 0 heterocycles. The molecule has 0 aromatic heterocycles. The minimum absolute atomic E-state index is 0.217.